The van der Waals surface area contributed by atoms with Crippen LogP contribution in [-0.2, 0) is 21.5 Å². The van der Waals surface area contributed by atoms with E-state index in [4.69, 9.17) is 4.55 Å². The Bertz CT molecular complexity index is 979. The number of benzene rings is 2. The van der Waals surface area contributed by atoms with Crippen molar-refractivity contribution in [3.05, 3.63) is 59.2 Å². The third-order valence-electron chi connectivity index (χ3n) is 4.20. The van der Waals surface area contributed by atoms with E-state index in [0.717, 1.165) is 17.2 Å². The van der Waals surface area contributed by atoms with Crippen LogP contribution in [0.2, 0.25) is 0 Å². The van der Waals surface area contributed by atoms with Gasteiger partial charge < -0.3 is 4.90 Å². The monoisotopic (exact) mass is 359 g/mol. The summed E-state index contributed by atoms with van der Waals surface area (Å²) < 4.78 is 31.6. The highest BCUT2D eigenvalue weighted by atomic mass is 32.2. The third-order valence-corrected chi connectivity index (χ3v) is 5.05. The highest BCUT2D eigenvalue weighted by Crippen LogP contribution is 2.32. The van der Waals surface area contributed by atoms with Crippen molar-refractivity contribution in [3.63, 3.8) is 0 Å². The molecular weight excluding hydrogens is 342 g/mol. The van der Waals surface area contributed by atoms with Crippen LogP contribution in [0.15, 0.2) is 47.4 Å². The van der Waals surface area contributed by atoms with E-state index < -0.39 is 26.7 Å². The number of carbonyl (C=O) groups excluding carboxylic acids is 2. The maximum atomic E-state index is 12.3. The molecule has 0 aliphatic carbocycles. The van der Waals surface area contributed by atoms with E-state index in [0.29, 0.717) is 11.6 Å². The Hall–Kier alpha value is -2.51. The Morgan fingerprint density at radius 2 is 1.80 bits per heavy atom. The Morgan fingerprint density at radius 3 is 2.44 bits per heavy atom. The number of rotatable bonds is 4. The molecule has 0 saturated heterocycles. The molecular formula is C18H17NO5S. The van der Waals surface area contributed by atoms with Crippen LogP contribution < -0.4 is 4.90 Å². The summed E-state index contributed by atoms with van der Waals surface area (Å²) in [6, 6.07) is 11.3. The van der Waals surface area contributed by atoms with Gasteiger partial charge in [-0.15, -0.1) is 0 Å². The van der Waals surface area contributed by atoms with Crippen molar-refractivity contribution in [1.29, 1.82) is 0 Å². The maximum absolute atomic E-state index is 12.3. The number of anilines is 1. The summed E-state index contributed by atoms with van der Waals surface area (Å²) in [5, 5.41) is 0. The van der Waals surface area contributed by atoms with Crippen LogP contribution in [-0.4, -0.2) is 24.7 Å². The zero-order valence-corrected chi connectivity index (χ0v) is 14.6. The minimum Gasteiger partial charge on any atom is -0.300 e. The summed E-state index contributed by atoms with van der Waals surface area (Å²) in [4.78, 5) is 25.4. The molecule has 25 heavy (non-hydrogen) atoms. The lowest BCUT2D eigenvalue weighted by molar-refractivity contribution is -0.114. The molecule has 7 heteroatoms. The predicted molar refractivity (Wildman–Crippen MR) is 92.3 cm³/mol. The van der Waals surface area contributed by atoms with Gasteiger partial charge >= 0.3 is 0 Å². The van der Waals surface area contributed by atoms with Crippen molar-refractivity contribution in [2.24, 2.45) is 0 Å². The normalized spacial score (nSPS) is 14.3. The lowest BCUT2D eigenvalue weighted by Crippen LogP contribution is -2.29. The molecule has 2 aromatic carbocycles. The molecule has 1 aliphatic heterocycles. The molecule has 130 valence electrons. The fourth-order valence-electron chi connectivity index (χ4n) is 2.83. The summed E-state index contributed by atoms with van der Waals surface area (Å²) in [6.07, 6.45) is 0. The van der Waals surface area contributed by atoms with Crippen LogP contribution in [0.3, 0.4) is 0 Å². The number of fused-ring (bicyclic) bond motifs is 1. The van der Waals surface area contributed by atoms with Gasteiger partial charge in [-0.05, 0) is 35.2 Å². The molecule has 1 N–H and O–H groups in total. The van der Waals surface area contributed by atoms with E-state index in [1.165, 1.54) is 17.0 Å². The number of ketones is 1. The van der Waals surface area contributed by atoms with Crippen LogP contribution in [0.25, 0.3) is 0 Å². The summed E-state index contributed by atoms with van der Waals surface area (Å²) in [6.45, 7) is 4.34. The van der Waals surface area contributed by atoms with E-state index in [2.05, 4.69) is 13.8 Å². The number of nitrogens with zero attached hydrogens (tertiary/aromatic N) is 1. The second kappa shape index (κ2) is 6.09. The average Bonchev–Trinajstić information content (AvgIpc) is 2.79. The highest BCUT2D eigenvalue weighted by molar-refractivity contribution is 7.85. The maximum Gasteiger partial charge on any atom is 0.299 e. The van der Waals surface area contributed by atoms with Gasteiger partial charge in [0.25, 0.3) is 21.8 Å². The summed E-state index contributed by atoms with van der Waals surface area (Å²) in [5.41, 5.74) is 2.33. The largest absolute Gasteiger partial charge is 0.300 e. The fourth-order valence-corrected chi connectivity index (χ4v) is 3.34. The van der Waals surface area contributed by atoms with E-state index >= 15 is 0 Å². The molecule has 3 rings (SSSR count). The lowest BCUT2D eigenvalue weighted by atomic mass is 10.0. The molecule has 0 aromatic heterocycles. The van der Waals surface area contributed by atoms with Gasteiger partial charge in [-0.2, -0.15) is 8.42 Å². The van der Waals surface area contributed by atoms with Crippen LogP contribution in [0.4, 0.5) is 5.69 Å². The molecule has 1 amide bonds. The average molecular weight is 359 g/mol. The second-order valence-corrected chi connectivity index (χ2v) is 7.70. The van der Waals surface area contributed by atoms with Gasteiger partial charge in [0, 0.05) is 0 Å². The van der Waals surface area contributed by atoms with Gasteiger partial charge in [0.05, 0.1) is 22.7 Å². The first-order chi connectivity index (χ1) is 11.7. The number of Topliss-reactive ketones (excluding diaryl/α,β-unsaturated/α-hetero) is 1. The molecule has 1 heterocycles. The first-order valence-electron chi connectivity index (χ1n) is 7.75. The quantitative estimate of drug-likeness (QED) is 0.669. The molecule has 0 spiro atoms. The summed E-state index contributed by atoms with van der Waals surface area (Å²) in [7, 11) is -4.44. The van der Waals surface area contributed by atoms with Gasteiger partial charge in [-0.1, -0.05) is 38.1 Å². The van der Waals surface area contributed by atoms with Crippen LogP contribution in [0.5, 0.6) is 0 Å². The van der Waals surface area contributed by atoms with Crippen molar-refractivity contribution >= 4 is 27.5 Å². The van der Waals surface area contributed by atoms with Gasteiger partial charge in [0.15, 0.2) is 0 Å². The Morgan fingerprint density at radius 1 is 1.08 bits per heavy atom. The molecule has 0 atom stereocenters. The second-order valence-electron chi connectivity index (χ2n) is 6.27. The summed E-state index contributed by atoms with van der Waals surface area (Å²) in [5.74, 6) is -1.15. The smallest absolute Gasteiger partial charge is 0.299 e. The Labute approximate surface area is 145 Å². The fraction of sp³-hybridized carbons (Fsp3) is 0.222. The Balaban J connectivity index is 1.99. The molecule has 0 fully saturated rings. The standard InChI is InChI=1S/C18H17NO5S/c1-11(2)13-5-3-4-12(8-13)10-19-16-7-6-14(25(22,23)24)9-15(16)17(20)18(19)21/h3-9,11H,10H2,1-2H3,(H,22,23,24). The van der Waals surface area contributed by atoms with E-state index in [1.54, 1.807) is 0 Å². The predicted octanol–water partition coefficient (Wildman–Crippen LogP) is 2.79. The molecule has 0 saturated carbocycles. The third kappa shape index (κ3) is 3.20. The molecule has 0 unspecified atom stereocenters. The Kier molecular flexibility index (Phi) is 4.22. The zero-order valence-electron chi connectivity index (χ0n) is 13.8. The van der Waals surface area contributed by atoms with E-state index in [1.807, 2.05) is 24.3 Å². The van der Waals surface area contributed by atoms with Gasteiger partial charge in [-0.25, -0.2) is 0 Å². The van der Waals surface area contributed by atoms with Crippen molar-refractivity contribution in [2.45, 2.75) is 31.2 Å². The van der Waals surface area contributed by atoms with Crippen molar-refractivity contribution in [2.75, 3.05) is 4.90 Å². The van der Waals surface area contributed by atoms with Crippen molar-refractivity contribution in [3.8, 4) is 0 Å². The molecule has 0 radical (unpaired) electrons. The number of hydrogen-bond donors (Lipinski definition) is 1. The van der Waals surface area contributed by atoms with E-state index in [-0.39, 0.29) is 12.1 Å². The first-order valence-corrected chi connectivity index (χ1v) is 9.19. The number of hydrogen-bond acceptors (Lipinski definition) is 4. The van der Waals surface area contributed by atoms with E-state index in [9.17, 15) is 18.0 Å². The molecule has 6 nitrogen and oxygen atoms in total. The highest BCUT2D eigenvalue weighted by Gasteiger charge is 2.36. The van der Waals surface area contributed by atoms with Crippen LogP contribution >= 0.6 is 0 Å². The topological polar surface area (TPSA) is 91.8 Å². The lowest BCUT2D eigenvalue weighted by Gasteiger charge is -2.17. The number of carbonyl (C=O) groups is 2. The first kappa shape index (κ1) is 17.3. The van der Waals surface area contributed by atoms with Crippen LogP contribution in [0.1, 0.15) is 41.3 Å². The van der Waals surface area contributed by atoms with Crippen molar-refractivity contribution < 1.29 is 22.6 Å². The van der Waals surface area contributed by atoms with Gasteiger partial charge in [0.2, 0.25) is 0 Å². The zero-order chi connectivity index (χ0) is 18.4. The number of amides is 1. The minimum absolute atomic E-state index is 0.0138. The molecule has 0 bridgehead atoms. The molecule has 1 aliphatic rings. The minimum atomic E-state index is -4.44. The van der Waals surface area contributed by atoms with Crippen LogP contribution in [0, 0.1) is 0 Å². The SMILES string of the molecule is CC(C)c1cccc(CN2C(=O)C(=O)c3cc(S(=O)(=O)O)ccc32)c1. The molecule has 2 aromatic rings. The van der Waals surface area contributed by atoms with Gasteiger partial charge in [0.1, 0.15) is 0 Å². The van der Waals surface area contributed by atoms with Crippen molar-refractivity contribution in [1.82, 2.24) is 0 Å². The van der Waals surface area contributed by atoms with Gasteiger partial charge in [-0.3, -0.25) is 14.1 Å². The summed E-state index contributed by atoms with van der Waals surface area (Å²) >= 11 is 0.